The smallest absolute Gasteiger partial charge is 0.395 e. The highest BCUT2D eigenvalue weighted by atomic mass is 19.4. The Morgan fingerprint density at radius 2 is 1.89 bits per heavy atom. The molecule has 8 heteroatoms. The molecule has 2 N–H and O–H groups in total. The molecule has 0 aromatic heterocycles. The monoisotopic (exact) mass is 283 g/mol. The number of aliphatic hydroxyl groups is 1. The van der Waals surface area contributed by atoms with Crippen LogP contribution in [0.25, 0.3) is 0 Å². The minimum Gasteiger partial charge on any atom is -0.395 e. The lowest BCUT2D eigenvalue weighted by Crippen LogP contribution is -2.54. The van der Waals surface area contributed by atoms with Crippen molar-refractivity contribution in [3.63, 3.8) is 0 Å². The van der Waals surface area contributed by atoms with Crippen LogP contribution in [0.4, 0.5) is 13.2 Å². The van der Waals surface area contributed by atoms with Crippen LogP contribution in [0.2, 0.25) is 0 Å². The molecule has 0 radical (unpaired) electrons. The number of hydrogen-bond acceptors (Lipinski definition) is 4. The Kier molecular flexibility index (Phi) is 6.02. The lowest BCUT2D eigenvalue weighted by atomic mass is 10.2. The first kappa shape index (κ1) is 16.2. The van der Waals surface area contributed by atoms with E-state index < -0.39 is 24.7 Å². The van der Waals surface area contributed by atoms with Gasteiger partial charge in [-0.2, -0.15) is 13.2 Å². The fourth-order valence-electron chi connectivity index (χ4n) is 2.02. The summed E-state index contributed by atoms with van der Waals surface area (Å²) >= 11 is 0. The van der Waals surface area contributed by atoms with Gasteiger partial charge in [-0.05, 0) is 6.92 Å². The number of piperazine rings is 1. The molecule has 112 valence electrons. The van der Waals surface area contributed by atoms with E-state index in [1.165, 1.54) is 0 Å². The van der Waals surface area contributed by atoms with Gasteiger partial charge in [0.25, 0.3) is 0 Å². The Hall–Kier alpha value is -0.860. The highest BCUT2D eigenvalue weighted by Crippen LogP contribution is 2.13. The van der Waals surface area contributed by atoms with Crippen LogP contribution in [-0.2, 0) is 4.79 Å². The van der Waals surface area contributed by atoms with Crippen LogP contribution in [0, 0.1) is 0 Å². The van der Waals surface area contributed by atoms with Crippen molar-refractivity contribution in [2.45, 2.75) is 19.1 Å². The SMILES string of the molecule is C[C@@H](C(=O)NCC(F)(F)F)N1CCN(CCO)CC1. The van der Waals surface area contributed by atoms with Gasteiger partial charge in [-0.1, -0.05) is 0 Å². The molecule has 1 saturated heterocycles. The van der Waals surface area contributed by atoms with Crippen molar-refractivity contribution in [2.24, 2.45) is 0 Å². The normalized spacial score (nSPS) is 20.3. The topological polar surface area (TPSA) is 55.8 Å². The van der Waals surface area contributed by atoms with E-state index in [2.05, 4.69) is 4.90 Å². The molecule has 0 saturated carbocycles. The van der Waals surface area contributed by atoms with E-state index in [0.29, 0.717) is 32.7 Å². The van der Waals surface area contributed by atoms with Gasteiger partial charge in [0.05, 0.1) is 12.6 Å². The van der Waals surface area contributed by atoms with Crippen molar-refractivity contribution in [1.29, 1.82) is 0 Å². The number of rotatable bonds is 5. The standard InChI is InChI=1S/C11H20F3N3O2/c1-9(10(19)15-8-11(12,13)14)17-4-2-16(3-5-17)6-7-18/h9,18H,2-8H2,1H3,(H,15,19)/t9-/m0/s1. The third-order valence-electron chi connectivity index (χ3n) is 3.21. The lowest BCUT2D eigenvalue weighted by Gasteiger charge is -2.37. The van der Waals surface area contributed by atoms with E-state index in [9.17, 15) is 18.0 Å². The predicted molar refractivity (Wildman–Crippen MR) is 63.6 cm³/mol. The molecule has 0 spiro atoms. The zero-order valence-corrected chi connectivity index (χ0v) is 10.9. The van der Waals surface area contributed by atoms with Gasteiger partial charge in [-0.15, -0.1) is 0 Å². The number of hydrogen-bond donors (Lipinski definition) is 2. The summed E-state index contributed by atoms with van der Waals surface area (Å²) in [7, 11) is 0. The molecule has 1 atom stereocenters. The molecular formula is C11H20F3N3O2. The quantitative estimate of drug-likeness (QED) is 0.725. The minimum atomic E-state index is -4.38. The molecule has 1 aliphatic heterocycles. The molecule has 1 fully saturated rings. The Morgan fingerprint density at radius 1 is 1.32 bits per heavy atom. The van der Waals surface area contributed by atoms with Crippen LogP contribution in [0.1, 0.15) is 6.92 Å². The number of carbonyl (C=O) groups is 1. The third kappa shape index (κ3) is 5.75. The Morgan fingerprint density at radius 3 is 2.37 bits per heavy atom. The number of β-amino-alcohol motifs (C(OH)–C–C–N with tert-alkyl or cyclic N) is 1. The molecule has 0 aliphatic carbocycles. The Bertz CT molecular complexity index is 291. The molecule has 1 aliphatic rings. The van der Waals surface area contributed by atoms with Gasteiger partial charge < -0.3 is 10.4 Å². The van der Waals surface area contributed by atoms with E-state index in [1.54, 1.807) is 6.92 Å². The summed E-state index contributed by atoms with van der Waals surface area (Å²) in [5.41, 5.74) is 0. The van der Waals surface area contributed by atoms with Gasteiger partial charge in [0.1, 0.15) is 6.54 Å². The Balaban J connectivity index is 2.34. The number of nitrogens with zero attached hydrogens (tertiary/aromatic N) is 2. The molecule has 1 rings (SSSR count). The largest absolute Gasteiger partial charge is 0.405 e. The molecule has 19 heavy (non-hydrogen) atoms. The van der Waals surface area contributed by atoms with E-state index in [0.717, 1.165) is 0 Å². The van der Waals surface area contributed by atoms with Crippen molar-refractivity contribution >= 4 is 5.91 Å². The number of aliphatic hydroxyl groups excluding tert-OH is 1. The molecule has 5 nitrogen and oxygen atoms in total. The first-order valence-corrected chi connectivity index (χ1v) is 6.25. The zero-order chi connectivity index (χ0) is 14.5. The number of halogens is 3. The van der Waals surface area contributed by atoms with Crippen LogP contribution in [0.5, 0.6) is 0 Å². The van der Waals surface area contributed by atoms with E-state index in [-0.39, 0.29) is 6.61 Å². The van der Waals surface area contributed by atoms with Crippen molar-refractivity contribution in [2.75, 3.05) is 45.9 Å². The van der Waals surface area contributed by atoms with Crippen LogP contribution in [0.3, 0.4) is 0 Å². The van der Waals surface area contributed by atoms with Gasteiger partial charge in [-0.3, -0.25) is 14.6 Å². The zero-order valence-electron chi connectivity index (χ0n) is 10.9. The van der Waals surface area contributed by atoms with Crippen LogP contribution in [0.15, 0.2) is 0 Å². The van der Waals surface area contributed by atoms with Crippen molar-refractivity contribution < 1.29 is 23.1 Å². The third-order valence-corrected chi connectivity index (χ3v) is 3.21. The second-order valence-corrected chi connectivity index (χ2v) is 4.61. The minimum absolute atomic E-state index is 0.0849. The summed E-state index contributed by atoms with van der Waals surface area (Å²) in [6, 6.07) is -0.571. The van der Waals surface area contributed by atoms with Crippen LogP contribution >= 0.6 is 0 Å². The summed E-state index contributed by atoms with van der Waals surface area (Å²) in [5, 5.41) is 10.7. The molecule has 0 aromatic rings. The molecule has 1 amide bonds. The van der Waals surface area contributed by atoms with Gasteiger partial charge in [-0.25, -0.2) is 0 Å². The maximum absolute atomic E-state index is 12.0. The van der Waals surface area contributed by atoms with Crippen LogP contribution in [-0.4, -0.2) is 78.9 Å². The lowest BCUT2D eigenvalue weighted by molar-refractivity contribution is -0.141. The summed E-state index contributed by atoms with van der Waals surface area (Å²) in [4.78, 5) is 15.5. The second kappa shape index (κ2) is 7.06. The maximum Gasteiger partial charge on any atom is 0.405 e. The summed E-state index contributed by atoms with van der Waals surface area (Å²) in [6.45, 7) is 3.62. The number of carbonyl (C=O) groups excluding carboxylic acids is 1. The van der Waals surface area contributed by atoms with Crippen molar-refractivity contribution in [3.05, 3.63) is 0 Å². The highest BCUT2D eigenvalue weighted by molar-refractivity contribution is 5.81. The molecular weight excluding hydrogens is 263 g/mol. The summed E-state index contributed by atoms with van der Waals surface area (Å²) < 4.78 is 36.0. The fourth-order valence-corrected chi connectivity index (χ4v) is 2.02. The molecule has 0 bridgehead atoms. The van der Waals surface area contributed by atoms with E-state index in [1.807, 2.05) is 10.2 Å². The number of alkyl halides is 3. The van der Waals surface area contributed by atoms with Gasteiger partial charge in [0.2, 0.25) is 5.91 Å². The fraction of sp³-hybridized carbons (Fsp3) is 0.909. The van der Waals surface area contributed by atoms with Gasteiger partial charge in [0, 0.05) is 32.7 Å². The van der Waals surface area contributed by atoms with Gasteiger partial charge >= 0.3 is 6.18 Å². The molecule has 0 unspecified atom stereocenters. The average Bonchev–Trinajstić information content (AvgIpc) is 2.35. The second-order valence-electron chi connectivity index (χ2n) is 4.61. The van der Waals surface area contributed by atoms with E-state index >= 15 is 0 Å². The van der Waals surface area contributed by atoms with Crippen molar-refractivity contribution in [1.82, 2.24) is 15.1 Å². The predicted octanol–water partition coefficient (Wildman–Crippen LogP) is -0.337. The maximum atomic E-state index is 12.0. The van der Waals surface area contributed by atoms with Crippen molar-refractivity contribution in [3.8, 4) is 0 Å². The Labute approximate surface area is 110 Å². The molecule has 1 heterocycles. The average molecular weight is 283 g/mol. The van der Waals surface area contributed by atoms with Gasteiger partial charge in [0.15, 0.2) is 0 Å². The highest BCUT2D eigenvalue weighted by Gasteiger charge is 2.30. The van der Waals surface area contributed by atoms with E-state index in [4.69, 9.17) is 5.11 Å². The summed E-state index contributed by atoms with van der Waals surface area (Å²) in [6.07, 6.45) is -4.38. The summed E-state index contributed by atoms with van der Waals surface area (Å²) in [5.74, 6) is -0.604. The number of nitrogens with one attached hydrogen (secondary N) is 1. The first-order valence-electron chi connectivity index (χ1n) is 6.25. The number of amides is 1. The molecule has 0 aromatic carbocycles. The van der Waals surface area contributed by atoms with Crippen LogP contribution < -0.4 is 5.32 Å². The first-order chi connectivity index (χ1) is 8.83.